The van der Waals surface area contributed by atoms with E-state index in [1.54, 1.807) is 10.6 Å². The van der Waals surface area contributed by atoms with E-state index in [4.69, 9.17) is 13.9 Å². The van der Waals surface area contributed by atoms with Gasteiger partial charge in [-0.1, -0.05) is 111 Å². The highest BCUT2D eigenvalue weighted by molar-refractivity contribution is 7.15. The van der Waals surface area contributed by atoms with Crippen molar-refractivity contribution in [2.24, 2.45) is 0 Å². The van der Waals surface area contributed by atoms with Crippen molar-refractivity contribution in [3.8, 4) is 10.8 Å². The molecular weight excluding hydrogens is 654 g/mol. The van der Waals surface area contributed by atoms with Gasteiger partial charge in [-0.3, -0.25) is 4.57 Å². The van der Waals surface area contributed by atoms with E-state index < -0.39 is 32.3 Å². The quantitative estimate of drug-likeness (QED) is 0.113. The third kappa shape index (κ3) is 6.23. The molecule has 0 fully saturated rings. The molecule has 0 saturated carbocycles. The second-order valence-electron chi connectivity index (χ2n) is 12.2. The van der Waals surface area contributed by atoms with Crippen LogP contribution >= 0.6 is 11.3 Å². The first-order chi connectivity index (χ1) is 22.9. The lowest BCUT2D eigenvalue weighted by Crippen LogP contribution is -2.68. The Hall–Kier alpha value is -4.87. The van der Waals surface area contributed by atoms with Gasteiger partial charge in [0.1, 0.15) is 10.6 Å². The molecule has 2 heterocycles. The van der Waals surface area contributed by atoms with Gasteiger partial charge in [-0.2, -0.15) is 13.2 Å². The van der Waals surface area contributed by atoms with Gasteiger partial charge in [0.15, 0.2) is 5.06 Å². The number of ether oxygens (including phenoxy) is 2. The van der Waals surface area contributed by atoms with Crippen molar-refractivity contribution in [1.82, 2.24) is 9.55 Å². The molecule has 11 heteroatoms. The van der Waals surface area contributed by atoms with Crippen LogP contribution in [0.1, 0.15) is 47.8 Å². The highest BCUT2D eigenvalue weighted by Gasteiger charge is 2.52. The van der Waals surface area contributed by atoms with Crippen LogP contribution in [0.15, 0.2) is 122 Å². The molecule has 1 unspecified atom stereocenters. The summed E-state index contributed by atoms with van der Waals surface area (Å²) >= 11 is 0.984. The lowest BCUT2D eigenvalue weighted by molar-refractivity contribution is -0.139. The van der Waals surface area contributed by atoms with Gasteiger partial charge < -0.3 is 13.9 Å². The Morgan fingerprint density at radius 3 is 2.06 bits per heavy atom. The molecule has 6 rings (SSSR count). The fourth-order valence-corrected chi connectivity index (χ4v) is 11.2. The number of nitrogens with zero attached hydrogens (tertiary/aromatic N) is 2. The van der Waals surface area contributed by atoms with Crippen LogP contribution in [0.25, 0.3) is 11.0 Å². The standard InChI is InChI=1S/C37H33F3N2O4SSi/c1-36(2,3)48(26-13-7-5-8-14-26,27-15-9-6-10-16-27)46-25-19-20-31-30(23-25)41-24-42(31)34(28-17-11-12-18-29(28)37(38,39)40)45-33-22-21-32(47-33)35(43)44-4/h5-24,34H,1-4H3. The number of methoxy groups -OCH3 is 1. The molecule has 6 nitrogen and oxygen atoms in total. The molecule has 4 aromatic carbocycles. The molecule has 6 aromatic rings. The predicted molar refractivity (Wildman–Crippen MR) is 184 cm³/mol. The van der Waals surface area contributed by atoms with Crippen LogP contribution in [0, 0.1) is 0 Å². The number of esters is 1. The zero-order valence-electron chi connectivity index (χ0n) is 26.7. The first kappa shape index (κ1) is 33.0. The number of imidazole rings is 1. The second kappa shape index (κ2) is 13.0. The molecule has 1 atom stereocenters. The topological polar surface area (TPSA) is 62.6 Å². The molecule has 0 N–H and O–H groups in total. The van der Waals surface area contributed by atoms with E-state index in [9.17, 15) is 18.0 Å². The third-order valence-electron chi connectivity index (χ3n) is 8.21. The van der Waals surface area contributed by atoms with E-state index in [1.807, 2.05) is 48.5 Å². The van der Waals surface area contributed by atoms with Gasteiger partial charge in [-0.15, -0.1) is 0 Å². The normalized spacial score (nSPS) is 12.9. The van der Waals surface area contributed by atoms with E-state index in [2.05, 4.69) is 50.0 Å². The number of hydrogen-bond donors (Lipinski definition) is 0. The van der Waals surface area contributed by atoms with E-state index >= 15 is 0 Å². The van der Waals surface area contributed by atoms with E-state index in [0.29, 0.717) is 16.8 Å². The summed E-state index contributed by atoms with van der Waals surface area (Å²) in [5.41, 5.74) is 0.111. The largest absolute Gasteiger partial charge is 0.534 e. The SMILES string of the molecule is COC(=O)c1ccc(OC(c2ccccc2C(F)(F)F)n2cnc3cc(O[Si](c4ccccc4)(c4ccccc4)C(C)(C)C)ccc32)s1. The minimum Gasteiger partial charge on any atom is -0.534 e. The Kier molecular flexibility index (Phi) is 8.93. The van der Waals surface area contributed by atoms with Crippen molar-refractivity contribution in [2.75, 3.05) is 7.11 Å². The number of thiophene rings is 1. The summed E-state index contributed by atoms with van der Waals surface area (Å²) in [6.07, 6.45) is -4.44. The Labute approximate surface area is 281 Å². The van der Waals surface area contributed by atoms with Gasteiger partial charge >= 0.3 is 20.5 Å². The Bertz CT molecular complexity index is 2000. The average Bonchev–Trinajstić information content (AvgIpc) is 3.73. The molecule has 0 bridgehead atoms. The summed E-state index contributed by atoms with van der Waals surface area (Å²) in [7, 11) is -1.70. The van der Waals surface area contributed by atoms with E-state index in [1.165, 1.54) is 43.8 Å². The van der Waals surface area contributed by atoms with E-state index in [-0.39, 0.29) is 20.5 Å². The first-order valence-electron chi connectivity index (χ1n) is 15.2. The number of aromatic nitrogens is 2. The van der Waals surface area contributed by atoms with Crippen molar-refractivity contribution < 1.29 is 31.9 Å². The second-order valence-corrected chi connectivity index (χ2v) is 17.5. The van der Waals surface area contributed by atoms with Crippen molar-refractivity contribution >= 4 is 47.0 Å². The molecule has 0 amide bonds. The molecule has 2 aromatic heterocycles. The van der Waals surface area contributed by atoms with Crippen molar-refractivity contribution in [2.45, 2.75) is 38.2 Å². The van der Waals surface area contributed by atoms with Crippen LogP contribution in [-0.2, 0) is 10.9 Å². The number of carbonyl (C=O) groups is 1. The molecule has 0 aliphatic heterocycles. The van der Waals surface area contributed by atoms with Crippen LogP contribution in [0.4, 0.5) is 13.2 Å². The number of carbonyl (C=O) groups excluding carboxylic acids is 1. The van der Waals surface area contributed by atoms with E-state index in [0.717, 1.165) is 27.8 Å². The monoisotopic (exact) mass is 686 g/mol. The number of fused-ring (bicyclic) bond motifs is 1. The highest BCUT2D eigenvalue weighted by atomic mass is 32.1. The van der Waals surface area contributed by atoms with Gasteiger partial charge in [-0.25, -0.2) is 9.78 Å². The predicted octanol–water partition coefficient (Wildman–Crippen LogP) is 8.47. The molecule has 0 aliphatic carbocycles. The summed E-state index contributed by atoms with van der Waals surface area (Å²) in [4.78, 5) is 17.0. The number of hydrogen-bond acceptors (Lipinski definition) is 6. The summed E-state index contributed by atoms with van der Waals surface area (Å²) in [5, 5.41) is 2.17. The van der Waals surface area contributed by atoms with Gasteiger partial charge in [0, 0.05) is 11.6 Å². The van der Waals surface area contributed by atoms with Crippen LogP contribution < -0.4 is 19.5 Å². The average molecular weight is 687 g/mol. The smallest absolute Gasteiger partial charge is 0.416 e. The fourth-order valence-electron chi connectivity index (χ4n) is 6.03. The molecule has 0 saturated heterocycles. The van der Waals surface area contributed by atoms with Crippen molar-refractivity contribution in [3.05, 3.63) is 138 Å². The molecule has 48 heavy (non-hydrogen) atoms. The van der Waals surface area contributed by atoms with Gasteiger partial charge in [-0.05, 0) is 45.7 Å². The van der Waals surface area contributed by atoms with Crippen molar-refractivity contribution in [1.29, 1.82) is 0 Å². The number of alkyl halides is 3. The van der Waals surface area contributed by atoms with Crippen LogP contribution in [0.3, 0.4) is 0 Å². The molecule has 0 spiro atoms. The summed E-state index contributed by atoms with van der Waals surface area (Å²) in [5.74, 6) is 0.0276. The van der Waals surface area contributed by atoms with Gasteiger partial charge in [0.05, 0.1) is 30.0 Å². The van der Waals surface area contributed by atoms with Gasteiger partial charge in [0.2, 0.25) is 6.23 Å². The maximum Gasteiger partial charge on any atom is 0.416 e. The number of rotatable bonds is 9. The minimum absolute atomic E-state index is 0.107. The molecule has 0 radical (unpaired) electrons. The Morgan fingerprint density at radius 1 is 0.833 bits per heavy atom. The number of halogens is 3. The fraction of sp³-hybridized carbons (Fsp3) is 0.189. The Morgan fingerprint density at radius 2 is 1.46 bits per heavy atom. The van der Waals surface area contributed by atoms with Crippen LogP contribution in [0.2, 0.25) is 5.04 Å². The minimum atomic E-state index is -4.64. The molecule has 0 aliphatic rings. The van der Waals surface area contributed by atoms with Gasteiger partial charge in [0.25, 0.3) is 0 Å². The van der Waals surface area contributed by atoms with Crippen LogP contribution in [-0.4, -0.2) is 30.9 Å². The molecular formula is C37H33F3N2O4SSi. The third-order valence-corrected chi connectivity index (χ3v) is 14.1. The maximum atomic E-state index is 14.3. The Balaban J connectivity index is 1.46. The zero-order chi connectivity index (χ0) is 34.1. The first-order valence-corrected chi connectivity index (χ1v) is 17.9. The summed E-state index contributed by atoms with van der Waals surface area (Å²) in [6, 6.07) is 34.2. The molecule has 246 valence electrons. The van der Waals surface area contributed by atoms with Crippen molar-refractivity contribution in [3.63, 3.8) is 0 Å². The highest BCUT2D eigenvalue weighted by Crippen LogP contribution is 2.41. The maximum absolute atomic E-state index is 14.3. The number of benzene rings is 4. The summed E-state index contributed by atoms with van der Waals surface area (Å²) in [6.45, 7) is 6.55. The summed E-state index contributed by atoms with van der Waals surface area (Å²) < 4.78 is 62.6. The zero-order valence-corrected chi connectivity index (χ0v) is 28.5. The lowest BCUT2D eigenvalue weighted by Gasteiger charge is -2.43. The lowest BCUT2D eigenvalue weighted by atomic mass is 10.1. The van der Waals surface area contributed by atoms with Crippen LogP contribution in [0.5, 0.6) is 10.8 Å².